The third-order valence-electron chi connectivity index (χ3n) is 3.54. The van der Waals surface area contributed by atoms with Gasteiger partial charge in [-0.05, 0) is 39.8 Å². The molecule has 2 rings (SSSR count). The molecule has 0 aliphatic carbocycles. The number of aryl methyl sites for hydroxylation is 2. The van der Waals surface area contributed by atoms with Crippen molar-refractivity contribution in [3.63, 3.8) is 0 Å². The number of hydrogen-bond acceptors (Lipinski definition) is 3. The van der Waals surface area contributed by atoms with Gasteiger partial charge in [0.2, 0.25) is 0 Å². The highest BCUT2D eigenvalue weighted by molar-refractivity contribution is 5.25. The summed E-state index contributed by atoms with van der Waals surface area (Å²) in [6.45, 7) is 10.2. The average molecular weight is 237 g/mol. The van der Waals surface area contributed by atoms with E-state index in [4.69, 9.17) is 9.15 Å². The van der Waals surface area contributed by atoms with E-state index >= 15 is 0 Å². The molecule has 1 fully saturated rings. The van der Waals surface area contributed by atoms with Gasteiger partial charge in [0.05, 0.1) is 12.7 Å². The van der Waals surface area contributed by atoms with Crippen molar-refractivity contribution in [2.75, 3.05) is 13.2 Å². The second kappa shape index (κ2) is 5.23. The summed E-state index contributed by atoms with van der Waals surface area (Å²) in [5, 5.41) is 3.58. The van der Waals surface area contributed by atoms with Crippen LogP contribution in [0.15, 0.2) is 10.5 Å². The van der Waals surface area contributed by atoms with Crippen LogP contribution in [0.2, 0.25) is 0 Å². The number of hydrogen-bond donors (Lipinski definition) is 1. The summed E-state index contributed by atoms with van der Waals surface area (Å²) in [6.07, 6.45) is 1.51. The topological polar surface area (TPSA) is 34.4 Å². The molecule has 3 unspecified atom stereocenters. The molecule has 96 valence electrons. The van der Waals surface area contributed by atoms with Gasteiger partial charge in [0.1, 0.15) is 11.5 Å². The highest BCUT2D eigenvalue weighted by atomic mass is 16.5. The first kappa shape index (κ1) is 12.7. The zero-order valence-corrected chi connectivity index (χ0v) is 11.2. The zero-order valence-electron chi connectivity index (χ0n) is 11.2. The van der Waals surface area contributed by atoms with E-state index < -0.39 is 0 Å². The van der Waals surface area contributed by atoms with E-state index in [0.29, 0.717) is 18.1 Å². The van der Waals surface area contributed by atoms with E-state index in [2.05, 4.69) is 25.2 Å². The SMILES string of the molecule is CCNC(c1cc(C)oc1C)C1COC(C)C1. The van der Waals surface area contributed by atoms with Crippen LogP contribution in [0.5, 0.6) is 0 Å². The predicted molar refractivity (Wildman–Crippen MR) is 68.1 cm³/mol. The summed E-state index contributed by atoms with van der Waals surface area (Å²) in [5.74, 6) is 2.58. The standard InChI is InChI=1S/C14H23NO2/c1-5-15-14(12-6-9(2)16-8-12)13-7-10(3)17-11(13)4/h7,9,12,14-15H,5-6,8H2,1-4H3. The number of ether oxygens (including phenoxy) is 1. The highest BCUT2D eigenvalue weighted by Gasteiger charge is 2.31. The van der Waals surface area contributed by atoms with Gasteiger partial charge in [-0.3, -0.25) is 0 Å². The number of rotatable bonds is 4. The minimum absolute atomic E-state index is 0.363. The molecule has 0 saturated carbocycles. The van der Waals surface area contributed by atoms with Crippen LogP contribution in [0, 0.1) is 19.8 Å². The van der Waals surface area contributed by atoms with Crippen LogP contribution in [0.25, 0.3) is 0 Å². The first-order chi connectivity index (χ1) is 8.11. The Balaban J connectivity index is 2.19. The molecule has 0 bridgehead atoms. The third kappa shape index (κ3) is 2.72. The van der Waals surface area contributed by atoms with Crippen LogP contribution >= 0.6 is 0 Å². The smallest absolute Gasteiger partial charge is 0.105 e. The van der Waals surface area contributed by atoms with Crippen LogP contribution in [-0.4, -0.2) is 19.3 Å². The molecule has 1 aliphatic rings. The molecule has 1 N–H and O–H groups in total. The molecule has 0 amide bonds. The van der Waals surface area contributed by atoms with Gasteiger partial charge in [0.25, 0.3) is 0 Å². The van der Waals surface area contributed by atoms with Crippen LogP contribution in [0.1, 0.15) is 43.4 Å². The second-order valence-corrected chi connectivity index (χ2v) is 5.04. The van der Waals surface area contributed by atoms with E-state index in [1.165, 1.54) is 5.56 Å². The van der Waals surface area contributed by atoms with Crippen LogP contribution in [0.3, 0.4) is 0 Å². The summed E-state index contributed by atoms with van der Waals surface area (Å²) in [7, 11) is 0. The van der Waals surface area contributed by atoms with Gasteiger partial charge in [-0.2, -0.15) is 0 Å². The molecule has 17 heavy (non-hydrogen) atoms. The summed E-state index contributed by atoms with van der Waals surface area (Å²) in [4.78, 5) is 0. The second-order valence-electron chi connectivity index (χ2n) is 5.04. The normalized spacial score (nSPS) is 26.4. The van der Waals surface area contributed by atoms with Gasteiger partial charge >= 0.3 is 0 Å². The van der Waals surface area contributed by atoms with E-state index in [9.17, 15) is 0 Å². The Kier molecular flexibility index (Phi) is 3.89. The van der Waals surface area contributed by atoms with E-state index in [-0.39, 0.29) is 0 Å². The molecule has 2 heterocycles. The Morgan fingerprint density at radius 3 is 2.71 bits per heavy atom. The van der Waals surface area contributed by atoms with E-state index in [0.717, 1.165) is 31.1 Å². The van der Waals surface area contributed by atoms with Crippen molar-refractivity contribution in [2.45, 2.75) is 46.3 Å². The largest absolute Gasteiger partial charge is 0.466 e. The Morgan fingerprint density at radius 1 is 1.47 bits per heavy atom. The number of nitrogens with one attached hydrogen (secondary N) is 1. The lowest BCUT2D eigenvalue weighted by Crippen LogP contribution is -2.28. The van der Waals surface area contributed by atoms with E-state index in [1.807, 2.05) is 13.8 Å². The summed E-state index contributed by atoms with van der Waals surface area (Å²) in [6, 6.07) is 2.52. The Labute approximate surface area is 104 Å². The Bertz CT molecular complexity index is 372. The lowest BCUT2D eigenvalue weighted by Gasteiger charge is -2.23. The highest BCUT2D eigenvalue weighted by Crippen LogP contribution is 2.34. The van der Waals surface area contributed by atoms with Crippen LogP contribution < -0.4 is 5.32 Å². The maximum Gasteiger partial charge on any atom is 0.105 e. The van der Waals surface area contributed by atoms with Gasteiger partial charge in [-0.25, -0.2) is 0 Å². The molecular weight excluding hydrogens is 214 g/mol. The van der Waals surface area contributed by atoms with E-state index in [1.54, 1.807) is 0 Å². The molecule has 1 aliphatic heterocycles. The fourth-order valence-corrected chi connectivity index (χ4v) is 2.79. The van der Waals surface area contributed by atoms with Gasteiger partial charge in [-0.1, -0.05) is 6.92 Å². The van der Waals surface area contributed by atoms with Crippen molar-refractivity contribution >= 4 is 0 Å². The van der Waals surface area contributed by atoms with Gasteiger partial charge < -0.3 is 14.5 Å². The van der Waals surface area contributed by atoms with Crippen molar-refractivity contribution in [3.8, 4) is 0 Å². The minimum Gasteiger partial charge on any atom is -0.466 e. The molecule has 0 aromatic carbocycles. The predicted octanol–water partition coefficient (Wildman–Crippen LogP) is 2.97. The summed E-state index contributed by atoms with van der Waals surface area (Å²) >= 11 is 0. The van der Waals surface area contributed by atoms with Crippen molar-refractivity contribution in [2.24, 2.45) is 5.92 Å². The van der Waals surface area contributed by atoms with Crippen molar-refractivity contribution in [1.82, 2.24) is 5.32 Å². The quantitative estimate of drug-likeness (QED) is 0.874. The molecule has 0 spiro atoms. The molecule has 1 aromatic rings. The molecule has 0 radical (unpaired) electrons. The fourth-order valence-electron chi connectivity index (χ4n) is 2.79. The fraction of sp³-hybridized carbons (Fsp3) is 0.714. The first-order valence-corrected chi connectivity index (χ1v) is 6.53. The third-order valence-corrected chi connectivity index (χ3v) is 3.54. The lowest BCUT2D eigenvalue weighted by atomic mass is 9.91. The van der Waals surface area contributed by atoms with Crippen molar-refractivity contribution in [1.29, 1.82) is 0 Å². The Morgan fingerprint density at radius 2 is 2.24 bits per heavy atom. The minimum atomic E-state index is 0.363. The number of furan rings is 1. The maximum absolute atomic E-state index is 5.69. The van der Waals surface area contributed by atoms with Crippen molar-refractivity contribution < 1.29 is 9.15 Å². The molecular formula is C14H23NO2. The monoisotopic (exact) mass is 237 g/mol. The van der Waals surface area contributed by atoms with Crippen LogP contribution in [0.4, 0.5) is 0 Å². The molecule has 3 atom stereocenters. The molecule has 3 heteroatoms. The zero-order chi connectivity index (χ0) is 12.4. The lowest BCUT2D eigenvalue weighted by molar-refractivity contribution is 0.117. The maximum atomic E-state index is 5.69. The van der Waals surface area contributed by atoms with Gasteiger partial charge in [-0.15, -0.1) is 0 Å². The van der Waals surface area contributed by atoms with Gasteiger partial charge in [0.15, 0.2) is 0 Å². The molecule has 3 nitrogen and oxygen atoms in total. The summed E-state index contributed by atoms with van der Waals surface area (Å²) < 4.78 is 11.3. The molecule has 1 saturated heterocycles. The van der Waals surface area contributed by atoms with Gasteiger partial charge in [0, 0.05) is 17.5 Å². The Hall–Kier alpha value is -0.800. The summed E-state index contributed by atoms with van der Waals surface area (Å²) in [5.41, 5.74) is 1.30. The van der Waals surface area contributed by atoms with Crippen LogP contribution in [-0.2, 0) is 4.74 Å². The molecule has 1 aromatic heterocycles. The average Bonchev–Trinajstić information content (AvgIpc) is 2.82. The van der Waals surface area contributed by atoms with Crippen molar-refractivity contribution in [3.05, 3.63) is 23.2 Å². The first-order valence-electron chi connectivity index (χ1n) is 6.53.